The molecule has 1 aromatic heterocycles. The monoisotopic (exact) mass is 327 g/mol. The fourth-order valence-corrected chi connectivity index (χ4v) is 3.45. The van der Waals surface area contributed by atoms with Crippen molar-refractivity contribution in [2.75, 3.05) is 7.05 Å². The Labute approximate surface area is 149 Å². The first-order valence-electron chi connectivity index (χ1n) is 8.44. The second-order valence-corrected chi connectivity index (χ2v) is 5.93. The SMILES string of the molecule is C=CC=C1C(=C)C(c2ccccc2C(C=CC)=NC)[n+]2ccccc21. The normalized spacial score (nSPS) is 18.8. The average Bonchev–Trinajstić information content (AvgIpc) is 2.92. The van der Waals surface area contributed by atoms with Gasteiger partial charge in [-0.1, -0.05) is 49.6 Å². The van der Waals surface area contributed by atoms with Gasteiger partial charge < -0.3 is 0 Å². The lowest BCUT2D eigenvalue weighted by molar-refractivity contribution is -0.700. The number of hydrogen-bond acceptors (Lipinski definition) is 1. The highest BCUT2D eigenvalue weighted by atomic mass is 15.0. The standard InChI is InChI=1S/C23H23N2/c1-5-11-18-17(3)23(25-16-10-9-15-22(18)25)20-14-8-7-13-19(20)21(24-4)12-6-2/h5-16,23H,1,3H2,2,4H3/q+1. The Morgan fingerprint density at radius 1 is 1.16 bits per heavy atom. The van der Waals surface area contributed by atoms with E-state index >= 15 is 0 Å². The number of nitrogens with zero attached hydrogens (tertiary/aromatic N) is 2. The highest BCUT2D eigenvalue weighted by Gasteiger charge is 2.39. The molecule has 1 aliphatic rings. The van der Waals surface area contributed by atoms with Crippen LogP contribution < -0.4 is 4.57 Å². The summed E-state index contributed by atoms with van der Waals surface area (Å²) in [6.45, 7) is 10.3. The number of hydrogen-bond donors (Lipinski definition) is 0. The molecule has 0 saturated carbocycles. The van der Waals surface area contributed by atoms with Gasteiger partial charge in [-0.05, 0) is 25.1 Å². The van der Waals surface area contributed by atoms with Crippen molar-refractivity contribution in [3.63, 3.8) is 0 Å². The number of aromatic nitrogens is 1. The maximum atomic E-state index is 4.48. The smallest absolute Gasteiger partial charge is 0.213 e. The quantitative estimate of drug-likeness (QED) is 0.572. The van der Waals surface area contributed by atoms with Crippen molar-refractivity contribution in [1.29, 1.82) is 0 Å². The molecule has 1 unspecified atom stereocenters. The minimum absolute atomic E-state index is 0.0561. The van der Waals surface area contributed by atoms with Crippen LogP contribution in [0.25, 0.3) is 5.57 Å². The van der Waals surface area contributed by atoms with Crippen LogP contribution >= 0.6 is 0 Å². The summed E-state index contributed by atoms with van der Waals surface area (Å²) in [5.41, 5.74) is 6.69. The first kappa shape index (κ1) is 16.8. The van der Waals surface area contributed by atoms with Crippen LogP contribution in [0.4, 0.5) is 0 Å². The molecule has 0 bridgehead atoms. The van der Waals surface area contributed by atoms with Crippen molar-refractivity contribution in [2.24, 2.45) is 4.99 Å². The second-order valence-electron chi connectivity index (χ2n) is 5.93. The van der Waals surface area contributed by atoms with E-state index in [0.29, 0.717) is 0 Å². The summed E-state index contributed by atoms with van der Waals surface area (Å²) in [4.78, 5) is 4.48. The number of benzene rings is 1. The number of allylic oxidation sites excluding steroid dienone is 6. The Morgan fingerprint density at radius 3 is 2.64 bits per heavy atom. The third-order valence-electron chi connectivity index (χ3n) is 4.50. The van der Waals surface area contributed by atoms with E-state index in [9.17, 15) is 0 Å². The van der Waals surface area contributed by atoms with Crippen LogP contribution in [0, 0.1) is 0 Å². The predicted octanol–water partition coefficient (Wildman–Crippen LogP) is 4.70. The van der Waals surface area contributed by atoms with E-state index in [1.807, 2.05) is 38.3 Å². The number of pyridine rings is 1. The lowest BCUT2D eigenvalue weighted by Crippen LogP contribution is -2.39. The van der Waals surface area contributed by atoms with Crippen molar-refractivity contribution < 1.29 is 4.57 Å². The average molecular weight is 327 g/mol. The third-order valence-corrected chi connectivity index (χ3v) is 4.50. The fourth-order valence-electron chi connectivity index (χ4n) is 3.45. The largest absolute Gasteiger partial charge is 0.288 e. The summed E-state index contributed by atoms with van der Waals surface area (Å²) in [7, 11) is 1.83. The molecule has 1 aliphatic heterocycles. The Bertz CT molecular complexity index is 913. The highest BCUT2D eigenvalue weighted by molar-refractivity contribution is 6.09. The van der Waals surface area contributed by atoms with Crippen LogP contribution in [-0.4, -0.2) is 12.8 Å². The molecule has 124 valence electrons. The molecule has 2 heterocycles. The minimum Gasteiger partial charge on any atom is -0.288 e. The van der Waals surface area contributed by atoms with Crippen LogP contribution in [0.15, 0.2) is 96.7 Å². The third kappa shape index (κ3) is 2.91. The minimum atomic E-state index is 0.0561. The molecule has 0 spiro atoms. The summed E-state index contributed by atoms with van der Waals surface area (Å²) >= 11 is 0. The van der Waals surface area contributed by atoms with Crippen LogP contribution in [0.3, 0.4) is 0 Å². The van der Waals surface area contributed by atoms with E-state index in [-0.39, 0.29) is 6.04 Å². The zero-order valence-corrected chi connectivity index (χ0v) is 14.8. The maximum absolute atomic E-state index is 4.48. The first-order chi connectivity index (χ1) is 12.2. The maximum Gasteiger partial charge on any atom is 0.213 e. The molecule has 25 heavy (non-hydrogen) atoms. The van der Waals surface area contributed by atoms with E-state index in [1.165, 1.54) is 5.56 Å². The molecule has 0 radical (unpaired) electrons. The molecule has 0 aliphatic carbocycles. The van der Waals surface area contributed by atoms with E-state index in [1.54, 1.807) is 0 Å². The molecular formula is C23H23N2+. The second kappa shape index (κ2) is 7.27. The van der Waals surface area contributed by atoms with E-state index in [2.05, 4.69) is 71.4 Å². The van der Waals surface area contributed by atoms with Gasteiger partial charge in [0, 0.05) is 35.9 Å². The van der Waals surface area contributed by atoms with Crippen LogP contribution in [0.2, 0.25) is 0 Å². The van der Waals surface area contributed by atoms with Gasteiger partial charge in [-0.3, -0.25) is 4.99 Å². The van der Waals surface area contributed by atoms with E-state index in [0.717, 1.165) is 28.1 Å². The van der Waals surface area contributed by atoms with Gasteiger partial charge in [-0.15, -0.1) is 0 Å². The van der Waals surface area contributed by atoms with Crippen LogP contribution in [-0.2, 0) is 0 Å². The first-order valence-corrected chi connectivity index (χ1v) is 8.44. The highest BCUT2D eigenvalue weighted by Crippen LogP contribution is 2.38. The lowest BCUT2D eigenvalue weighted by Gasteiger charge is -2.13. The molecule has 2 heteroatoms. The van der Waals surface area contributed by atoms with Gasteiger partial charge in [-0.2, -0.15) is 4.57 Å². The predicted molar refractivity (Wildman–Crippen MR) is 106 cm³/mol. The zero-order chi connectivity index (χ0) is 17.8. The summed E-state index contributed by atoms with van der Waals surface area (Å²) in [6, 6.07) is 14.7. The van der Waals surface area contributed by atoms with Crippen LogP contribution in [0.5, 0.6) is 0 Å². The lowest BCUT2D eigenvalue weighted by atomic mass is 9.91. The van der Waals surface area contributed by atoms with E-state index in [4.69, 9.17) is 0 Å². The van der Waals surface area contributed by atoms with Gasteiger partial charge in [0.2, 0.25) is 11.7 Å². The molecule has 1 aromatic carbocycles. The molecule has 0 fully saturated rings. The Hall–Kier alpha value is -3.00. The zero-order valence-electron chi connectivity index (χ0n) is 14.8. The van der Waals surface area contributed by atoms with Crippen LogP contribution in [0.1, 0.15) is 29.8 Å². The summed E-state index contributed by atoms with van der Waals surface area (Å²) in [6.07, 6.45) is 10.0. The van der Waals surface area contributed by atoms with Gasteiger partial charge in [0.15, 0.2) is 6.20 Å². The van der Waals surface area contributed by atoms with Gasteiger partial charge >= 0.3 is 0 Å². The summed E-state index contributed by atoms with van der Waals surface area (Å²) < 4.78 is 2.28. The fraction of sp³-hybridized carbons (Fsp3) is 0.130. The Balaban J connectivity index is 2.23. The Morgan fingerprint density at radius 2 is 1.92 bits per heavy atom. The van der Waals surface area contributed by atoms with Crippen molar-refractivity contribution in [3.8, 4) is 0 Å². The van der Waals surface area contributed by atoms with Gasteiger partial charge in [-0.25, -0.2) is 0 Å². The Kier molecular flexibility index (Phi) is 4.90. The van der Waals surface area contributed by atoms with Gasteiger partial charge in [0.05, 0.1) is 11.3 Å². The molecular weight excluding hydrogens is 304 g/mol. The summed E-state index contributed by atoms with van der Waals surface area (Å²) in [5, 5.41) is 0. The molecule has 1 atom stereocenters. The number of rotatable bonds is 4. The molecule has 0 saturated heterocycles. The molecule has 0 N–H and O–H groups in total. The summed E-state index contributed by atoms with van der Waals surface area (Å²) in [5.74, 6) is 0. The van der Waals surface area contributed by atoms with Gasteiger partial charge in [0.1, 0.15) is 0 Å². The van der Waals surface area contributed by atoms with Crippen molar-refractivity contribution in [3.05, 3.63) is 109 Å². The molecule has 3 rings (SSSR count). The topological polar surface area (TPSA) is 16.2 Å². The van der Waals surface area contributed by atoms with Crippen molar-refractivity contribution in [1.82, 2.24) is 0 Å². The van der Waals surface area contributed by atoms with Gasteiger partial charge in [0.25, 0.3) is 0 Å². The number of aliphatic imine (C=N–C) groups is 1. The van der Waals surface area contributed by atoms with Crippen molar-refractivity contribution >= 4 is 11.3 Å². The number of fused-ring (bicyclic) bond motifs is 1. The molecule has 0 amide bonds. The van der Waals surface area contributed by atoms with Crippen molar-refractivity contribution in [2.45, 2.75) is 13.0 Å². The molecule has 2 aromatic rings. The van der Waals surface area contributed by atoms with E-state index < -0.39 is 0 Å². The molecule has 2 nitrogen and oxygen atoms in total.